The number of carboxylic acids is 1. The number of rotatable bonds is 12. The van der Waals surface area contributed by atoms with E-state index in [-0.39, 0.29) is 12.0 Å². The Morgan fingerprint density at radius 3 is 2.89 bits per heavy atom. The minimum absolute atomic E-state index is 0.127. The number of anilines is 1. The number of β-amino-alcohol motifs (C(OH)–C–C–N with tert-alkyl or cyclic N) is 1. The first-order chi connectivity index (χ1) is 17.7. The summed E-state index contributed by atoms with van der Waals surface area (Å²) in [6.45, 7) is 8.35. The molecule has 0 saturated carbocycles. The Labute approximate surface area is 219 Å². The van der Waals surface area contributed by atoms with Gasteiger partial charge in [-0.2, -0.15) is 0 Å². The fourth-order valence-electron chi connectivity index (χ4n) is 5.62. The van der Waals surface area contributed by atoms with Crippen LogP contribution in [0.15, 0.2) is 12.1 Å². The average molecular weight is 518 g/mol. The van der Waals surface area contributed by atoms with Crippen LogP contribution in [-0.2, 0) is 27.2 Å². The number of amides is 1. The molecule has 1 aromatic rings. The molecule has 0 aromatic carbocycles. The molecule has 4 rings (SSSR count). The smallest absolute Gasteiger partial charge is 0.326 e. The first kappa shape index (κ1) is 27.8. The van der Waals surface area contributed by atoms with E-state index in [0.717, 1.165) is 69.8 Å². The number of nitrogens with one attached hydrogen (secondary N) is 2. The molecule has 3 aliphatic rings. The summed E-state index contributed by atoms with van der Waals surface area (Å²) in [4.78, 5) is 33.6. The standard InChI is InChI=1S/C27H43N5O5/c1-27(2,36)18-32-13-4-6-23(32)25(33)30-22(26(34)35)10-15-31-14-9-21(17-31)37-16-11-20-8-7-19-5-3-12-28-24(19)29-20/h7-8,21-23,36H,3-6,9-18H2,1-2H3,(H,28,29)(H,30,33)(H,34,35). The summed E-state index contributed by atoms with van der Waals surface area (Å²) in [5.74, 6) is -0.268. The lowest BCUT2D eigenvalue weighted by Gasteiger charge is -2.30. The van der Waals surface area contributed by atoms with Gasteiger partial charge in [0.15, 0.2) is 0 Å². The summed E-state index contributed by atoms with van der Waals surface area (Å²) in [5, 5.41) is 26.0. The first-order valence-electron chi connectivity index (χ1n) is 13.7. The third kappa shape index (κ3) is 8.10. The first-order valence-corrected chi connectivity index (χ1v) is 13.7. The van der Waals surface area contributed by atoms with Crippen molar-refractivity contribution in [3.05, 3.63) is 23.4 Å². The molecule has 3 aliphatic heterocycles. The van der Waals surface area contributed by atoms with Crippen LogP contribution in [0.5, 0.6) is 0 Å². The molecule has 0 bridgehead atoms. The van der Waals surface area contributed by atoms with Crippen molar-refractivity contribution in [2.24, 2.45) is 0 Å². The van der Waals surface area contributed by atoms with Crippen LogP contribution in [0.2, 0.25) is 0 Å². The van der Waals surface area contributed by atoms with Crippen LogP contribution >= 0.6 is 0 Å². The molecule has 3 atom stereocenters. The zero-order valence-electron chi connectivity index (χ0n) is 22.2. The number of fused-ring (bicyclic) bond motifs is 1. The Kier molecular flexibility index (Phi) is 9.39. The highest BCUT2D eigenvalue weighted by Gasteiger charge is 2.35. The molecule has 4 heterocycles. The zero-order chi connectivity index (χ0) is 26.4. The van der Waals surface area contributed by atoms with Crippen LogP contribution in [0.4, 0.5) is 5.82 Å². The van der Waals surface area contributed by atoms with Crippen molar-refractivity contribution in [2.75, 3.05) is 51.2 Å². The van der Waals surface area contributed by atoms with Crippen LogP contribution in [0.25, 0.3) is 0 Å². The van der Waals surface area contributed by atoms with E-state index in [1.54, 1.807) is 13.8 Å². The highest BCUT2D eigenvalue weighted by atomic mass is 16.5. The lowest BCUT2D eigenvalue weighted by atomic mass is 10.1. The van der Waals surface area contributed by atoms with Gasteiger partial charge >= 0.3 is 5.97 Å². The molecule has 10 heteroatoms. The number of aryl methyl sites for hydroxylation is 1. The fraction of sp³-hybridized carbons (Fsp3) is 0.741. The summed E-state index contributed by atoms with van der Waals surface area (Å²) in [6, 6.07) is 2.93. The second-order valence-corrected chi connectivity index (χ2v) is 11.3. The van der Waals surface area contributed by atoms with E-state index in [1.807, 2.05) is 4.90 Å². The van der Waals surface area contributed by atoms with E-state index in [9.17, 15) is 19.8 Å². The van der Waals surface area contributed by atoms with Crippen molar-refractivity contribution < 1.29 is 24.5 Å². The molecule has 2 saturated heterocycles. The Morgan fingerprint density at radius 1 is 1.27 bits per heavy atom. The number of carbonyl (C=O) groups excluding carboxylic acids is 1. The number of ether oxygens (including phenoxy) is 1. The normalized spacial score (nSPS) is 23.4. The second kappa shape index (κ2) is 12.5. The zero-order valence-corrected chi connectivity index (χ0v) is 22.2. The minimum Gasteiger partial charge on any atom is -0.480 e. The summed E-state index contributed by atoms with van der Waals surface area (Å²) in [5.41, 5.74) is 1.41. The highest BCUT2D eigenvalue weighted by Crippen LogP contribution is 2.22. The van der Waals surface area contributed by atoms with Gasteiger partial charge in [0, 0.05) is 44.8 Å². The number of carbonyl (C=O) groups is 2. The molecular formula is C27H43N5O5. The molecule has 37 heavy (non-hydrogen) atoms. The summed E-state index contributed by atoms with van der Waals surface area (Å²) < 4.78 is 6.11. The van der Waals surface area contributed by atoms with Gasteiger partial charge in [-0.05, 0) is 70.5 Å². The van der Waals surface area contributed by atoms with Crippen molar-refractivity contribution in [3.8, 4) is 0 Å². The SMILES string of the molecule is CC(C)(O)CN1CCCC1C(=O)NC(CCN1CCC(OCCc2ccc3c(n2)NCCC3)C1)C(=O)O. The number of carboxylic acid groups (broad SMARTS) is 1. The van der Waals surface area contributed by atoms with Crippen LogP contribution in [0.3, 0.4) is 0 Å². The summed E-state index contributed by atoms with van der Waals surface area (Å²) in [7, 11) is 0. The largest absolute Gasteiger partial charge is 0.480 e. The van der Waals surface area contributed by atoms with Gasteiger partial charge in [0.05, 0.1) is 24.4 Å². The van der Waals surface area contributed by atoms with E-state index < -0.39 is 23.7 Å². The number of hydrogen-bond acceptors (Lipinski definition) is 8. The molecule has 4 N–H and O–H groups in total. The van der Waals surface area contributed by atoms with Crippen molar-refractivity contribution in [1.82, 2.24) is 20.1 Å². The van der Waals surface area contributed by atoms with Gasteiger partial charge in [0.25, 0.3) is 0 Å². The third-order valence-electron chi connectivity index (χ3n) is 7.50. The van der Waals surface area contributed by atoms with Crippen LogP contribution in [-0.4, -0.2) is 107 Å². The predicted molar refractivity (Wildman–Crippen MR) is 141 cm³/mol. The van der Waals surface area contributed by atoms with E-state index in [2.05, 4.69) is 27.7 Å². The predicted octanol–water partition coefficient (Wildman–Crippen LogP) is 1.27. The summed E-state index contributed by atoms with van der Waals surface area (Å²) in [6.07, 6.45) is 5.92. The number of hydrogen-bond donors (Lipinski definition) is 4. The van der Waals surface area contributed by atoms with Gasteiger partial charge in [-0.1, -0.05) is 6.07 Å². The van der Waals surface area contributed by atoms with Crippen LogP contribution in [0.1, 0.15) is 57.2 Å². The van der Waals surface area contributed by atoms with Gasteiger partial charge in [-0.25, -0.2) is 9.78 Å². The fourth-order valence-corrected chi connectivity index (χ4v) is 5.62. The molecule has 0 aliphatic carbocycles. The maximum Gasteiger partial charge on any atom is 0.326 e. The molecule has 3 unspecified atom stereocenters. The number of aromatic nitrogens is 1. The molecule has 206 valence electrons. The van der Waals surface area contributed by atoms with Crippen molar-refractivity contribution in [1.29, 1.82) is 0 Å². The minimum atomic E-state index is -1.01. The van der Waals surface area contributed by atoms with Gasteiger partial charge in [-0.15, -0.1) is 0 Å². The van der Waals surface area contributed by atoms with E-state index in [0.29, 0.717) is 32.5 Å². The topological polar surface area (TPSA) is 127 Å². The van der Waals surface area contributed by atoms with Gasteiger partial charge in [0.1, 0.15) is 11.9 Å². The quantitative estimate of drug-likeness (QED) is 0.324. The molecule has 1 aromatic heterocycles. The Balaban J connectivity index is 1.18. The third-order valence-corrected chi connectivity index (χ3v) is 7.50. The second-order valence-electron chi connectivity index (χ2n) is 11.3. The van der Waals surface area contributed by atoms with Crippen LogP contribution in [0, 0.1) is 0 Å². The van der Waals surface area contributed by atoms with Crippen molar-refractivity contribution in [3.63, 3.8) is 0 Å². The highest BCUT2D eigenvalue weighted by molar-refractivity contribution is 5.87. The number of aliphatic hydroxyl groups is 1. The maximum atomic E-state index is 12.9. The van der Waals surface area contributed by atoms with Gasteiger partial charge in [0.2, 0.25) is 5.91 Å². The van der Waals surface area contributed by atoms with Crippen molar-refractivity contribution >= 4 is 17.7 Å². The number of nitrogens with zero attached hydrogens (tertiary/aromatic N) is 3. The summed E-state index contributed by atoms with van der Waals surface area (Å²) >= 11 is 0. The monoisotopic (exact) mass is 517 g/mol. The Morgan fingerprint density at radius 2 is 2.11 bits per heavy atom. The van der Waals surface area contributed by atoms with Crippen molar-refractivity contribution in [2.45, 2.75) is 82.6 Å². The lowest BCUT2D eigenvalue weighted by molar-refractivity contribution is -0.143. The maximum absolute atomic E-state index is 12.9. The molecule has 1 amide bonds. The molecule has 2 fully saturated rings. The van der Waals surface area contributed by atoms with Gasteiger partial charge in [-0.3, -0.25) is 9.69 Å². The van der Waals surface area contributed by atoms with E-state index >= 15 is 0 Å². The molecule has 0 spiro atoms. The van der Waals surface area contributed by atoms with Crippen LogP contribution < -0.4 is 10.6 Å². The number of aliphatic carboxylic acids is 1. The van der Waals surface area contributed by atoms with Gasteiger partial charge < -0.3 is 30.5 Å². The Hall–Kier alpha value is -2.27. The number of pyridine rings is 1. The average Bonchev–Trinajstić information content (AvgIpc) is 3.49. The molecule has 10 nitrogen and oxygen atoms in total. The molecule has 0 radical (unpaired) electrons. The lowest BCUT2D eigenvalue weighted by Crippen LogP contribution is -2.52. The Bertz CT molecular complexity index is 936. The van der Waals surface area contributed by atoms with E-state index in [4.69, 9.17) is 9.72 Å². The van der Waals surface area contributed by atoms with E-state index in [1.165, 1.54) is 5.56 Å². The number of likely N-dealkylation sites (tertiary alicyclic amines) is 2. The molecular weight excluding hydrogens is 474 g/mol.